The molecule has 0 saturated heterocycles. The summed E-state index contributed by atoms with van der Waals surface area (Å²) in [6.45, 7) is 0. The van der Waals surface area contributed by atoms with Gasteiger partial charge in [-0.05, 0) is 24.3 Å². The van der Waals surface area contributed by atoms with E-state index in [1.54, 1.807) is 18.2 Å². The summed E-state index contributed by atoms with van der Waals surface area (Å²) >= 11 is 16.6. The molecule has 0 N–H and O–H groups in total. The fraction of sp³-hybridized carbons (Fsp3) is 0.0909. The molecule has 0 radical (unpaired) electrons. The highest BCUT2D eigenvalue weighted by Crippen LogP contribution is 2.36. The van der Waals surface area contributed by atoms with Gasteiger partial charge in [-0.1, -0.05) is 33.6 Å². The summed E-state index contributed by atoms with van der Waals surface area (Å²) in [4.78, 5) is 0.841. The SMILES string of the molecule is Fc1cc(Br)ccc1C(Cl)c1ccc(Cl)s1. The second kappa shape index (κ2) is 5.05. The van der Waals surface area contributed by atoms with Crippen molar-refractivity contribution in [3.63, 3.8) is 0 Å². The van der Waals surface area contributed by atoms with Gasteiger partial charge in [0, 0.05) is 14.9 Å². The lowest BCUT2D eigenvalue weighted by atomic mass is 10.1. The van der Waals surface area contributed by atoms with Gasteiger partial charge in [-0.15, -0.1) is 22.9 Å². The van der Waals surface area contributed by atoms with Crippen LogP contribution in [-0.4, -0.2) is 0 Å². The molecule has 1 aromatic heterocycles. The van der Waals surface area contributed by atoms with Crippen molar-refractivity contribution in [1.29, 1.82) is 0 Å². The van der Waals surface area contributed by atoms with E-state index in [2.05, 4.69) is 15.9 Å². The standard InChI is InChI=1S/C11H6BrCl2FS/c12-6-1-2-7(8(15)5-6)11(14)9-3-4-10(13)16-9/h1-5,11H. The lowest BCUT2D eigenvalue weighted by Crippen LogP contribution is -1.94. The van der Waals surface area contributed by atoms with Gasteiger partial charge >= 0.3 is 0 Å². The third-order valence-corrected chi connectivity index (χ3v) is 4.47. The first-order chi connectivity index (χ1) is 7.58. The highest BCUT2D eigenvalue weighted by atomic mass is 79.9. The van der Waals surface area contributed by atoms with Crippen molar-refractivity contribution in [2.24, 2.45) is 0 Å². The molecule has 0 bridgehead atoms. The van der Waals surface area contributed by atoms with Gasteiger partial charge in [0.1, 0.15) is 5.82 Å². The highest BCUT2D eigenvalue weighted by molar-refractivity contribution is 9.10. The van der Waals surface area contributed by atoms with Crippen LogP contribution in [0.25, 0.3) is 0 Å². The van der Waals surface area contributed by atoms with Crippen molar-refractivity contribution < 1.29 is 4.39 Å². The maximum Gasteiger partial charge on any atom is 0.129 e. The van der Waals surface area contributed by atoms with E-state index in [1.807, 2.05) is 6.07 Å². The van der Waals surface area contributed by atoms with Crippen LogP contribution in [0.15, 0.2) is 34.8 Å². The summed E-state index contributed by atoms with van der Waals surface area (Å²) in [6, 6.07) is 8.41. The number of hydrogen-bond donors (Lipinski definition) is 0. The molecule has 0 spiro atoms. The van der Waals surface area contributed by atoms with Crippen molar-refractivity contribution in [3.8, 4) is 0 Å². The minimum atomic E-state index is -0.495. The molecule has 1 atom stereocenters. The van der Waals surface area contributed by atoms with Gasteiger partial charge in [0.2, 0.25) is 0 Å². The summed E-state index contributed by atoms with van der Waals surface area (Å²) < 4.78 is 15.0. The van der Waals surface area contributed by atoms with Crippen molar-refractivity contribution in [2.45, 2.75) is 5.38 Å². The zero-order valence-corrected chi connectivity index (χ0v) is 11.8. The van der Waals surface area contributed by atoms with E-state index in [4.69, 9.17) is 23.2 Å². The van der Waals surface area contributed by atoms with Gasteiger partial charge in [-0.3, -0.25) is 0 Å². The Morgan fingerprint density at radius 2 is 2.00 bits per heavy atom. The van der Waals surface area contributed by atoms with Gasteiger partial charge < -0.3 is 0 Å². The Labute approximate surface area is 115 Å². The van der Waals surface area contributed by atoms with E-state index in [1.165, 1.54) is 17.4 Å². The molecule has 0 aliphatic rings. The van der Waals surface area contributed by atoms with Gasteiger partial charge in [-0.25, -0.2) is 4.39 Å². The first-order valence-corrected chi connectivity index (χ1v) is 6.84. The molecule has 2 aromatic rings. The second-order valence-electron chi connectivity index (χ2n) is 3.17. The summed E-state index contributed by atoms with van der Waals surface area (Å²) in [5, 5.41) is -0.495. The van der Waals surface area contributed by atoms with Crippen LogP contribution in [0.1, 0.15) is 15.8 Å². The second-order valence-corrected chi connectivity index (χ2v) is 6.27. The summed E-state index contributed by atoms with van der Waals surface area (Å²) in [7, 11) is 0. The van der Waals surface area contributed by atoms with Crippen molar-refractivity contribution >= 4 is 50.5 Å². The quantitative estimate of drug-likeness (QED) is 0.622. The average Bonchev–Trinajstić information content (AvgIpc) is 2.64. The van der Waals surface area contributed by atoms with E-state index < -0.39 is 5.38 Å². The molecule has 0 saturated carbocycles. The molecule has 0 amide bonds. The first-order valence-electron chi connectivity index (χ1n) is 4.42. The molecule has 1 unspecified atom stereocenters. The number of thiophene rings is 1. The fourth-order valence-corrected chi connectivity index (χ4v) is 3.10. The number of hydrogen-bond acceptors (Lipinski definition) is 1. The monoisotopic (exact) mass is 338 g/mol. The summed E-state index contributed by atoms with van der Waals surface area (Å²) in [6.07, 6.45) is 0. The number of alkyl halides is 1. The highest BCUT2D eigenvalue weighted by Gasteiger charge is 2.17. The zero-order chi connectivity index (χ0) is 11.7. The smallest absolute Gasteiger partial charge is 0.129 e. The maximum atomic E-state index is 13.7. The van der Waals surface area contributed by atoms with Crippen molar-refractivity contribution in [1.82, 2.24) is 0 Å². The summed E-state index contributed by atoms with van der Waals surface area (Å²) in [5.41, 5.74) is 0.461. The molecule has 0 fully saturated rings. The van der Waals surface area contributed by atoms with Crippen LogP contribution in [0, 0.1) is 5.82 Å². The zero-order valence-electron chi connectivity index (χ0n) is 7.88. The fourth-order valence-electron chi connectivity index (χ4n) is 1.32. The summed E-state index contributed by atoms with van der Waals surface area (Å²) in [5.74, 6) is -0.320. The Bertz CT molecular complexity index is 512. The largest absolute Gasteiger partial charge is 0.207 e. The molecule has 1 aromatic carbocycles. The molecule has 1 heterocycles. The van der Waals surface area contributed by atoms with Gasteiger partial charge in [0.25, 0.3) is 0 Å². The van der Waals surface area contributed by atoms with E-state index in [9.17, 15) is 4.39 Å². The Balaban J connectivity index is 2.37. The normalized spacial score (nSPS) is 12.8. The molecule has 2 rings (SSSR count). The topological polar surface area (TPSA) is 0 Å². The molecule has 16 heavy (non-hydrogen) atoms. The molecule has 0 aliphatic heterocycles. The van der Waals surface area contributed by atoms with Crippen LogP contribution in [0.5, 0.6) is 0 Å². The minimum Gasteiger partial charge on any atom is -0.207 e. The van der Waals surface area contributed by atoms with Crippen LogP contribution < -0.4 is 0 Å². The Morgan fingerprint density at radius 3 is 2.56 bits per heavy atom. The molecular formula is C11H6BrCl2FS. The third kappa shape index (κ3) is 2.59. The third-order valence-electron chi connectivity index (χ3n) is 2.08. The number of halogens is 4. The van der Waals surface area contributed by atoms with Crippen molar-refractivity contribution in [2.75, 3.05) is 0 Å². The molecule has 5 heteroatoms. The lowest BCUT2D eigenvalue weighted by Gasteiger charge is -2.08. The van der Waals surface area contributed by atoms with Gasteiger partial charge in [0.15, 0.2) is 0 Å². The van der Waals surface area contributed by atoms with E-state index in [0.717, 1.165) is 4.88 Å². The minimum absolute atomic E-state index is 0.320. The van der Waals surface area contributed by atoms with Crippen molar-refractivity contribution in [3.05, 3.63) is 55.4 Å². The van der Waals surface area contributed by atoms with Crippen LogP contribution >= 0.6 is 50.5 Å². The Morgan fingerprint density at radius 1 is 1.25 bits per heavy atom. The maximum absolute atomic E-state index is 13.7. The van der Waals surface area contributed by atoms with E-state index in [-0.39, 0.29) is 5.82 Å². The van der Waals surface area contributed by atoms with Gasteiger partial charge in [-0.2, -0.15) is 0 Å². The lowest BCUT2D eigenvalue weighted by molar-refractivity contribution is 0.612. The predicted octanol–water partition coefficient (Wildman–Crippen LogP) is 5.63. The molecule has 84 valence electrons. The van der Waals surface area contributed by atoms with Crippen LogP contribution in [0.2, 0.25) is 4.34 Å². The van der Waals surface area contributed by atoms with E-state index >= 15 is 0 Å². The van der Waals surface area contributed by atoms with E-state index in [0.29, 0.717) is 14.4 Å². The Hall–Kier alpha value is -0.0900. The van der Waals surface area contributed by atoms with Crippen LogP contribution in [0.3, 0.4) is 0 Å². The van der Waals surface area contributed by atoms with Crippen LogP contribution in [0.4, 0.5) is 4.39 Å². The van der Waals surface area contributed by atoms with Crippen LogP contribution in [-0.2, 0) is 0 Å². The van der Waals surface area contributed by atoms with Gasteiger partial charge in [0.05, 0.1) is 9.71 Å². The number of rotatable bonds is 2. The Kier molecular flexibility index (Phi) is 3.90. The number of benzene rings is 1. The molecular weight excluding hydrogens is 334 g/mol. The molecule has 0 aliphatic carbocycles. The first kappa shape index (κ1) is 12.4. The average molecular weight is 340 g/mol. The molecule has 0 nitrogen and oxygen atoms in total. The predicted molar refractivity (Wildman–Crippen MR) is 71.1 cm³/mol.